The van der Waals surface area contributed by atoms with Gasteiger partial charge in [0.05, 0.1) is 33.2 Å². The van der Waals surface area contributed by atoms with Crippen molar-refractivity contribution in [1.82, 2.24) is 19.9 Å². The Labute approximate surface area is 263 Å². The quantitative estimate of drug-likeness (QED) is 0.210. The SMILES string of the molecule is Clc1ccc(Sc2c3nc(c(-c4ccccc4)c4ccc(cc5nc(c(-c6ccccc6)c6ccc2[nH]6)C=C5)[nH]4)C=C3)cc1. The van der Waals surface area contributed by atoms with Gasteiger partial charge in [-0.25, -0.2) is 9.97 Å². The predicted octanol–water partition coefficient (Wildman–Crippen LogP) is 10.8. The van der Waals surface area contributed by atoms with Crippen LogP contribution in [0.3, 0.4) is 0 Å². The predicted molar refractivity (Wildman–Crippen MR) is 185 cm³/mol. The van der Waals surface area contributed by atoms with Crippen molar-refractivity contribution in [3.63, 3.8) is 0 Å². The number of hydrogen-bond donors (Lipinski definition) is 2. The Balaban J connectivity index is 1.49. The molecular weight excluding hydrogens is 580 g/mol. The second-order valence-electron chi connectivity index (χ2n) is 10.6. The van der Waals surface area contributed by atoms with Gasteiger partial charge in [0.25, 0.3) is 0 Å². The number of aromatic nitrogens is 4. The molecule has 0 amide bonds. The highest BCUT2D eigenvalue weighted by molar-refractivity contribution is 7.99. The van der Waals surface area contributed by atoms with Gasteiger partial charge in [-0.05, 0) is 90.0 Å². The standard InChI is InChI=1S/C38H25ClN4S/c39-26-11-15-29(16-12-26)44-38-34-21-19-32(42-34)36(24-7-3-1-4-8-24)30-17-13-27(40-30)23-28-14-18-31(41-28)37(25-9-5-2-6-10-25)33-20-22-35(38)43-33/h1-23,40,43H. The van der Waals surface area contributed by atoms with E-state index in [9.17, 15) is 0 Å². The molecule has 0 atom stereocenters. The molecule has 44 heavy (non-hydrogen) atoms. The van der Waals surface area contributed by atoms with Crippen LogP contribution in [0.15, 0.2) is 125 Å². The van der Waals surface area contributed by atoms with Crippen LogP contribution in [-0.2, 0) is 0 Å². The van der Waals surface area contributed by atoms with Crippen LogP contribution >= 0.6 is 23.4 Å². The van der Waals surface area contributed by atoms with E-state index < -0.39 is 0 Å². The van der Waals surface area contributed by atoms with Gasteiger partial charge in [-0.1, -0.05) is 84.0 Å². The number of benzene rings is 3. The van der Waals surface area contributed by atoms with Crippen molar-refractivity contribution in [2.75, 3.05) is 0 Å². The third-order valence-electron chi connectivity index (χ3n) is 7.69. The van der Waals surface area contributed by atoms with Gasteiger partial charge < -0.3 is 9.97 Å². The smallest absolute Gasteiger partial charge is 0.0798 e. The van der Waals surface area contributed by atoms with Gasteiger partial charge in [-0.15, -0.1) is 0 Å². The van der Waals surface area contributed by atoms with Crippen LogP contribution in [0.4, 0.5) is 0 Å². The Morgan fingerprint density at radius 2 is 1.11 bits per heavy atom. The van der Waals surface area contributed by atoms with Crippen molar-refractivity contribution < 1.29 is 0 Å². The summed E-state index contributed by atoms with van der Waals surface area (Å²) in [4.78, 5) is 19.8. The Kier molecular flexibility index (Phi) is 6.75. The molecule has 2 N–H and O–H groups in total. The summed E-state index contributed by atoms with van der Waals surface area (Å²) in [6, 6.07) is 39.3. The summed E-state index contributed by atoms with van der Waals surface area (Å²) in [7, 11) is 0. The first-order chi connectivity index (χ1) is 21.7. The van der Waals surface area contributed by atoms with Gasteiger partial charge in [0.2, 0.25) is 0 Å². The molecule has 0 saturated carbocycles. The zero-order valence-corrected chi connectivity index (χ0v) is 25.0. The van der Waals surface area contributed by atoms with Crippen LogP contribution in [0.5, 0.6) is 0 Å². The van der Waals surface area contributed by atoms with Crippen LogP contribution in [0.2, 0.25) is 5.02 Å². The van der Waals surface area contributed by atoms with Crippen molar-refractivity contribution in [2.45, 2.75) is 9.79 Å². The van der Waals surface area contributed by atoms with E-state index in [1.54, 1.807) is 11.8 Å². The van der Waals surface area contributed by atoms with Gasteiger partial charge in [0, 0.05) is 37.6 Å². The summed E-state index contributed by atoms with van der Waals surface area (Å²) in [5.41, 5.74) is 11.8. The number of halogens is 1. The lowest BCUT2D eigenvalue weighted by molar-refractivity contribution is 1.24. The van der Waals surface area contributed by atoms with Gasteiger partial charge in [-0.2, -0.15) is 0 Å². The number of aromatic amines is 2. The van der Waals surface area contributed by atoms with Gasteiger partial charge in [0.15, 0.2) is 0 Å². The van der Waals surface area contributed by atoms with E-state index in [2.05, 4.69) is 113 Å². The minimum atomic E-state index is 0.710. The summed E-state index contributed by atoms with van der Waals surface area (Å²) >= 11 is 7.91. The average molecular weight is 605 g/mol. The lowest BCUT2D eigenvalue weighted by Crippen LogP contribution is -1.87. The third-order valence-corrected chi connectivity index (χ3v) is 9.08. The molecule has 210 valence electrons. The van der Waals surface area contributed by atoms with Crippen LogP contribution in [0, 0.1) is 0 Å². The monoisotopic (exact) mass is 604 g/mol. The number of nitrogens with one attached hydrogen (secondary N) is 2. The minimum absolute atomic E-state index is 0.710. The normalized spacial score (nSPS) is 12.1. The fourth-order valence-electron chi connectivity index (χ4n) is 5.66. The molecule has 3 aromatic heterocycles. The highest BCUT2D eigenvalue weighted by Crippen LogP contribution is 2.38. The van der Waals surface area contributed by atoms with E-state index in [-0.39, 0.29) is 0 Å². The molecule has 0 aliphatic carbocycles. The highest BCUT2D eigenvalue weighted by Gasteiger charge is 2.16. The molecule has 8 rings (SSSR count). The molecule has 2 aliphatic heterocycles. The van der Waals surface area contributed by atoms with Gasteiger partial charge in [-0.3, -0.25) is 0 Å². The molecule has 2 aliphatic rings. The van der Waals surface area contributed by atoms with Crippen LogP contribution in [0.25, 0.3) is 68.6 Å². The molecular formula is C38H25ClN4S. The van der Waals surface area contributed by atoms with Crippen molar-refractivity contribution in [3.05, 3.63) is 143 Å². The summed E-state index contributed by atoms with van der Waals surface area (Å²) in [5.74, 6) is 0. The molecule has 0 fully saturated rings. The summed E-state index contributed by atoms with van der Waals surface area (Å²) in [6.45, 7) is 0. The first kappa shape index (κ1) is 26.5. The Morgan fingerprint density at radius 3 is 1.84 bits per heavy atom. The molecule has 0 spiro atoms. The van der Waals surface area contributed by atoms with E-state index in [4.69, 9.17) is 21.6 Å². The lowest BCUT2D eigenvalue weighted by atomic mass is 10.0. The topological polar surface area (TPSA) is 57.4 Å². The number of fused-ring (bicyclic) bond motifs is 8. The summed E-state index contributed by atoms with van der Waals surface area (Å²) < 4.78 is 0. The molecule has 3 aromatic carbocycles. The van der Waals surface area contributed by atoms with E-state index in [0.717, 1.165) is 76.9 Å². The molecule has 4 nitrogen and oxygen atoms in total. The maximum Gasteiger partial charge on any atom is 0.0798 e. The zero-order chi connectivity index (χ0) is 29.5. The van der Waals surface area contributed by atoms with E-state index in [0.29, 0.717) is 5.02 Å². The maximum atomic E-state index is 6.24. The number of hydrogen-bond acceptors (Lipinski definition) is 3. The Morgan fingerprint density at radius 1 is 0.523 bits per heavy atom. The number of rotatable bonds is 4. The van der Waals surface area contributed by atoms with Gasteiger partial charge in [0.1, 0.15) is 0 Å². The van der Waals surface area contributed by atoms with E-state index >= 15 is 0 Å². The van der Waals surface area contributed by atoms with Crippen molar-refractivity contribution in [1.29, 1.82) is 0 Å². The zero-order valence-electron chi connectivity index (χ0n) is 23.5. The molecule has 0 saturated heterocycles. The molecule has 6 aromatic rings. The van der Waals surface area contributed by atoms with Crippen LogP contribution < -0.4 is 0 Å². The fraction of sp³-hybridized carbons (Fsp3) is 0. The molecule has 5 heterocycles. The van der Waals surface area contributed by atoms with Crippen molar-refractivity contribution in [2.24, 2.45) is 0 Å². The number of H-pyrrole nitrogens is 2. The second-order valence-corrected chi connectivity index (χ2v) is 12.1. The molecule has 8 bridgehead atoms. The Hall–Kier alpha value is -5.10. The van der Waals surface area contributed by atoms with Crippen molar-refractivity contribution in [3.8, 4) is 22.3 Å². The molecule has 0 unspecified atom stereocenters. The lowest BCUT2D eigenvalue weighted by Gasteiger charge is -2.06. The first-order valence-electron chi connectivity index (χ1n) is 14.4. The third kappa shape index (κ3) is 5.06. The average Bonchev–Trinajstić information content (AvgIpc) is 3.88. The van der Waals surface area contributed by atoms with Crippen molar-refractivity contribution >= 4 is 69.7 Å². The van der Waals surface area contributed by atoms with Crippen LogP contribution in [-0.4, -0.2) is 19.9 Å². The van der Waals surface area contributed by atoms with Crippen LogP contribution in [0.1, 0.15) is 22.8 Å². The molecule has 6 heteroatoms. The van der Waals surface area contributed by atoms with Gasteiger partial charge >= 0.3 is 0 Å². The van der Waals surface area contributed by atoms with E-state index in [1.807, 2.05) is 36.4 Å². The minimum Gasteiger partial charge on any atom is -0.355 e. The maximum absolute atomic E-state index is 6.24. The fourth-order valence-corrected chi connectivity index (χ4v) is 6.74. The number of nitrogens with zero attached hydrogens (tertiary/aromatic N) is 2. The molecule has 0 radical (unpaired) electrons. The largest absolute Gasteiger partial charge is 0.355 e. The Bertz CT molecular complexity index is 2210. The summed E-state index contributed by atoms with van der Waals surface area (Å²) in [6.07, 6.45) is 8.38. The highest BCUT2D eigenvalue weighted by atomic mass is 35.5. The second kappa shape index (κ2) is 11.2. The summed E-state index contributed by atoms with van der Waals surface area (Å²) in [5, 5.41) is 0.710. The first-order valence-corrected chi connectivity index (χ1v) is 15.5. The van der Waals surface area contributed by atoms with E-state index in [1.165, 1.54) is 0 Å².